The maximum absolute atomic E-state index is 13.0. The van der Waals surface area contributed by atoms with Crippen molar-refractivity contribution >= 4 is 39.1 Å². The van der Waals surface area contributed by atoms with Crippen molar-refractivity contribution in [1.82, 2.24) is 9.21 Å². The van der Waals surface area contributed by atoms with Crippen molar-refractivity contribution in [3.8, 4) is 6.07 Å². The third kappa shape index (κ3) is 4.62. The number of rotatable bonds is 4. The van der Waals surface area contributed by atoms with Crippen LogP contribution in [0, 0.1) is 11.3 Å². The fourth-order valence-electron chi connectivity index (χ4n) is 3.08. The van der Waals surface area contributed by atoms with Gasteiger partial charge in [-0.25, -0.2) is 8.42 Å². The average Bonchev–Trinajstić information content (AvgIpc) is 2.74. The number of hydrogen-bond acceptors (Lipinski definition) is 5. The first-order chi connectivity index (χ1) is 14.2. The summed E-state index contributed by atoms with van der Waals surface area (Å²) in [5.74, 6) is -0.595. The Labute approximate surface area is 179 Å². The standard InChI is InChI=1S/C20H19ClN4O4S/c1-14(26)24-7-9-25(10-8-24)30(28,29)18-4-2-3-15(11-18)20(27)23-17-6-5-16(13-22)19(21)12-17/h2-6,11-12H,7-10H2,1H3,(H,23,27). The molecule has 0 aromatic heterocycles. The molecule has 0 unspecified atom stereocenters. The van der Waals surface area contributed by atoms with Crippen LogP contribution in [0.4, 0.5) is 5.69 Å². The van der Waals surface area contributed by atoms with E-state index < -0.39 is 15.9 Å². The Morgan fingerprint density at radius 2 is 1.80 bits per heavy atom. The van der Waals surface area contributed by atoms with Gasteiger partial charge in [0.1, 0.15) is 6.07 Å². The number of piperazine rings is 1. The van der Waals surface area contributed by atoms with Gasteiger partial charge >= 0.3 is 0 Å². The zero-order chi connectivity index (χ0) is 21.9. The monoisotopic (exact) mass is 446 g/mol. The van der Waals surface area contributed by atoms with Crippen molar-refractivity contribution in [2.24, 2.45) is 0 Å². The van der Waals surface area contributed by atoms with Gasteiger partial charge in [0, 0.05) is 44.4 Å². The van der Waals surface area contributed by atoms with E-state index in [1.807, 2.05) is 6.07 Å². The number of anilines is 1. The minimum absolute atomic E-state index is 0.00397. The quantitative estimate of drug-likeness (QED) is 0.774. The number of carbonyl (C=O) groups is 2. The molecular weight excluding hydrogens is 428 g/mol. The number of sulfonamides is 1. The lowest BCUT2D eigenvalue weighted by Crippen LogP contribution is -2.49. The molecule has 1 saturated heterocycles. The first-order valence-corrected chi connectivity index (χ1v) is 10.9. The van der Waals surface area contributed by atoms with Gasteiger partial charge in [0.05, 0.1) is 15.5 Å². The number of amides is 2. The maximum atomic E-state index is 13.0. The van der Waals surface area contributed by atoms with E-state index in [-0.39, 0.29) is 40.0 Å². The summed E-state index contributed by atoms with van der Waals surface area (Å²) in [6, 6.07) is 12.2. The van der Waals surface area contributed by atoms with Gasteiger partial charge in [-0.1, -0.05) is 17.7 Å². The summed E-state index contributed by atoms with van der Waals surface area (Å²) in [4.78, 5) is 25.6. The molecule has 3 rings (SSSR count). The lowest BCUT2D eigenvalue weighted by Gasteiger charge is -2.33. The first kappa shape index (κ1) is 21.8. The van der Waals surface area contributed by atoms with E-state index in [4.69, 9.17) is 16.9 Å². The van der Waals surface area contributed by atoms with Gasteiger partial charge in [-0.05, 0) is 36.4 Å². The Morgan fingerprint density at radius 3 is 2.40 bits per heavy atom. The molecule has 2 amide bonds. The summed E-state index contributed by atoms with van der Waals surface area (Å²) in [5.41, 5.74) is 0.837. The van der Waals surface area contributed by atoms with Crippen LogP contribution in [0.1, 0.15) is 22.8 Å². The SMILES string of the molecule is CC(=O)N1CCN(S(=O)(=O)c2cccc(C(=O)Nc3ccc(C#N)c(Cl)c3)c2)CC1. The van der Waals surface area contributed by atoms with Crippen LogP contribution in [0.25, 0.3) is 0 Å². The Bertz CT molecular complexity index is 1140. The van der Waals surface area contributed by atoms with Crippen molar-refractivity contribution in [3.05, 3.63) is 58.6 Å². The summed E-state index contributed by atoms with van der Waals surface area (Å²) in [5, 5.41) is 11.8. The van der Waals surface area contributed by atoms with Crippen LogP contribution in [-0.2, 0) is 14.8 Å². The van der Waals surface area contributed by atoms with Crippen molar-refractivity contribution in [1.29, 1.82) is 5.26 Å². The van der Waals surface area contributed by atoms with E-state index in [0.717, 1.165) is 0 Å². The molecule has 1 N–H and O–H groups in total. The van der Waals surface area contributed by atoms with E-state index in [9.17, 15) is 18.0 Å². The predicted octanol–water partition coefficient (Wildman–Crippen LogP) is 2.32. The molecule has 1 aliphatic rings. The average molecular weight is 447 g/mol. The van der Waals surface area contributed by atoms with Crippen LogP contribution >= 0.6 is 11.6 Å². The Balaban J connectivity index is 1.77. The molecule has 0 radical (unpaired) electrons. The highest BCUT2D eigenvalue weighted by Crippen LogP contribution is 2.22. The highest BCUT2D eigenvalue weighted by molar-refractivity contribution is 7.89. The normalized spacial score (nSPS) is 14.8. The number of benzene rings is 2. The van der Waals surface area contributed by atoms with Gasteiger partial charge in [0.25, 0.3) is 5.91 Å². The van der Waals surface area contributed by atoms with Crippen molar-refractivity contribution in [2.45, 2.75) is 11.8 Å². The van der Waals surface area contributed by atoms with Crippen molar-refractivity contribution in [3.63, 3.8) is 0 Å². The molecule has 2 aromatic rings. The Morgan fingerprint density at radius 1 is 1.10 bits per heavy atom. The third-order valence-electron chi connectivity index (χ3n) is 4.77. The molecule has 0 aliphatic carbocycles. The van der Waals surface area contributed by atoms with Crippen molar-refractivity contribution in [2.75, 3.05) is 31.5 Å². The molecule has 2 aromatic carbocycles. The highest BCUT2D eigenvalue weighted by Gasteiger charge is 2.29. The number of hydrogen-bond donors (Lipinski definition) is 1. The van der Waals surface area contributed by atoms with Crippen LogP contribution in [0.2, 0.25) is 5.02 Å². The third-order valence-corrected chi connectivity index (χ3v) is 6.97. The van der Waals surface area contributed by atoms with E-state index in [1.165, 1.54) is 53.7 Å². The van der Waals surface area contributed by atoms with E-state index in [1.54, 1.807) is 4.90 Å². The van der Waals surface area contributed by atoms with Gasteiger partial charge in [-0.15, -0.1) is 0 Å². The molecule has 8 nitrogen and oxygen atoms in total. The number of nitrogens with one attached hydrogen (secondary N) is 1. The largest absolute Gasteiger partial charge is 0.340 e. The van der Waals surface area contributed by atoms with Crippen LogP contribution in [-0.4, -0.2) is 55.6 Å². The lowest BCUT2D eigenvalue weighted by atomic mass is 10.2. The lowest BCUT2D eigenvalue weighted by molar-refractivity contribution is -0.129. The van der Waals surface area contributed by atoms with Crippen LogP contribution in [0.5, 0.6) is 0 Å². The second kappa shape index (κ2) is 8.83. The maximum Gasteiger partial charge on any atom is 0.255 e. The van der Waals surface area contributed by atoms with Crippen LogP contribution in [0.15, 0.2) is 47.4 Å². The van der Waals surface area contributed by atoms with Gasteiger partial charge in [0.2, 0.25) is 15.9 Å². The van der Waals surface area contributed by atoms with Gasteiger partial charge < -0.3 is 10.2 Å². The smallest absolute Gasteiger partial charge is 0.255 e. The minimum Gasteiger partial charge on any atom is -0.340 e. The summed E-state index contributed by atoms with van der Waals surface area (Å²) < 4.78 is 27.2. The number of nitrogens with zero attached hydrogens (tertiary/aromatic N) is 3. The summed E-state index contributed by atoms with van der Waals surface area (Å²) in [6.45, 7) is 2.50. The zero-order valence-corrected chi connectivity index (χ0v) is 17.7. The van der Waals surface area contributed by atoms with E-state index in [2.05, 4.69) is 5.32 Å². The zero-order valence-electron chi connectivity index (χ0n) is 16.1. The second-order valence-electron chi connectivity index (χ2n) is 6.70. The molecule has 1 heterocycles. The number of carbonyl (C=O) groups excluding carboxylic acids is 2. The summed E-state index contributed by atoms with van der Waals surface area (Å²) in [6.07, 6.45) is 0. The van der Waals surface area contributed by atoms with Crippen LogP contribution < -0.4 is 5.32 Å². The topological polar surface area (TPSA) is 111 Å². The minimum atomic E-state index is -3.80. The summed E-state index contributed by atoms with van der Waals surface area (Å²) in [7, 11) is -3.80. The molecule has 1 fully saturated rings. The highest BCUT2D eigenvalue weighted by atomic mass is 35.5. The second-order valence-corrected chi connectivity index (χ2v) is 9.04. The number of halogens is 1. The summed E-state index contributed by atoms with van der Waals surface area (Å²) >= 11 is 5.98. The van der Waals surface area contributed by atoms with Crippen molar-refractivity contribution < 1.29 is 18.0 Å². The Kier molecular flexibility index (Phi) is 6.41. The van der Waals surface area contributed by atoms with E-state index in [0.29, 0.717) is 18.8 Å². The molecule has 0 atom stereocenters. The molecule has 1 aliphatic heterocycles. The van der Waals surface area contributed by atoms with E-state index >= 15 is 0 Å². The fraction of sp³-hybridized carbons (Fsp3) is 0.250. The molecule has 0 saturated carbocycles. The molecule has 0 spiro atoms. The molecular formula is C20H19ClN4O4S. The van der Waals surface area contributed by atoms with Crippen LogP contribution in [0.3, 0.4) is 0 Å². The van der Waals surface area contributed by atoms with Gasteiger partial charge in [-0.3, -0.25) is 9.59 Å². The molecule has 0 bridgehead atoms. The molecule has 30 heavy (non-hydrogen) atoms. The fourth-order valence-corrected chi connectivity index (χ4v) is 4.77. The predicted molar refractivity (Wildman–Crippen MR) is 112 cm³/mol. The first-order valence-electron chi connectivity index (χ1n) is 9.09. The van der Waals surface area contributed by atoms with Gasteiger partial charge in [0.15, 0.2) is 0 Å². The molecule has 156 valence electrons. The molecule has 10 heteroatoms. The number of nitriles is 1. The Hall–Kier alpha value is -2.93. The van der Waals surface area contributed by atoms with Gasteiger partial charge in [-0.2, -0.15) is 9.57 Å².